The van der Waals surface area contributed by atoms with E-state index in [1.807, 2.05) is 13.8 Å². The topological polar surface area (TPSA) is 126 Å². The Morgan fingerprint density at radius 1 is 1.14 bits per heavy atom. The van der Waals surface area contributed by atoms with Gasteiger partial charge in [-0.15, -0.1) is 0 Å². The molecule has 0 atom stereocenters. The number of nitrogens with one attached hydrogen (secondary N) is 1. The predicted molar refractivity (Wildman–Crippen MR) is 134 cm³/mol. The Hall–Kier alpha value is -4.58. The molecule has 5 rings (SSSR count). The van der Waals surface area contributed by atoms with Crippen molar-refractivity contribution in [3.05, 3.63) is 71.7 Å². The molecule has 11 nitrogen and oxygen atoms in total. The summed E-state index contributed by atoms with van der Waals surface area (Å²) in [6, 6.07) is 8.35. The fourth-order valence-electron chi connectivity index (χ4n) is 3.40. The molecule has 0 bridgehead atoms. The van der Waals surface area contributed by atoms with Crippen molar-refractivity contribution in [2.24, 2.45) is 0 Å². The molecule has 0 fully saturated rings. The number of pyridine rings is 3. The van der Waals surface area contributed by atoms with E-state index in [0.29, 0.717) is 33.8 Å². The maximum atomic E-state index is 13.0. The molecule has 36 heavy (non-hydrogen) atoms. The molecule has 5 heterocycles. The first kappa shape index (κ1) is 23.2. The second kappa shape index (κ2) is 9.58. The Bertz CT molecular complexity index is 1610. The Morgan fingerprint density at radius 3 is 2.75 bits per heavy atom. The van der Waals surface area contributed by atoms with Crippen LogP contribution in [0.2, 0.25) is 0 Å². The molecule has 1 amide bonds. The Kier molecular flexibility index (Phi) is 6.17. The van der Waals surface area contributed by atoms with Crippen molar-refractivity contribution in [1.29, 1.82) is 0 Å². The smallest absolute Gasteiger partial charge is 0.294 e. The third-order valence-corrected chi connectivity index (χ3v) is 5.90. The fourth-order valence-corrected chi connectivity index (χ4v) is 4.22. The van der Waals surface area contributed by atoms with Crippen LogP contribution in [0.3, 0.4) is 0 Å². The highest BCUT2D eigenvalue weighted by Gasteiger charge is 2.15. The van der Waals surface area contributed by atoms with E-state index in [9.17, 15) is 9.59 Å². The molecule has 182 valence electrons. The van der Waals surface area contributed by atoms with Gasteiger partial charge in [-0.25, -0.2) is 19.6 Å². The normalized spacial score (nSPS) is 11.1. The maximum absolute atomic E-state index is 13.0. The molecule has 1 N–H and O–H groups in total. The van der Waals surface area contributed by atoms with Gasteiger partial charge in [0, 0.05) is 56.0 Å². The second-order valence-corrected chi connectivity index (χ2v) is 9.04. The number of fused-ring (bicyclic) bond motifs is 1. The molecule has 0 aromatic carbocycles. The Morgan fingerprint density at radius 2 is 2.00 bits per heavy atom. The number of carbonyl (C=O) groups is 1. The van der Waals surface area contributed by atoms with E-state index in [1.54, 1.807) is 64.4 Å². The Balaban J connectivity index is 1.42. The minimum atomic E-state index is -0.269. The van der Waals surface area contributed by atoms with E-state index in [2.05, 4.69) is 25.4 Å². The molecular formula is C24H21N7O4S. The molecule has 5 aromatic heterocycles. The average molecular weight is 504 g/mol. The third-order valence-electron chi connectivity index (χ3n) is 5.01. The quantitative estimate of drug-likeness (QED) is 0.343. The van der Waals surface area contributed by atoms with Gasteiger partial charge in [0.05, 0.1) is 16.6 Å². The number of rotatable bonds is 7. The van der Waals surface area contributed by atoms with Gasteiger partial charge in [-0.2, -0.15) is 5.10 Å². The van der Waals surface area contributed by atoms with Crippen molar-refractivity contribution in [3.63, 3.8) is 0 Å². The number of aromatic nitrogens is 6. The zero-order valence-electron chi connectivity index (χ0n) is 19.6. The standard InChI is InChI=1S/C24H21N7O4S/c1-14(2)30-13-16(31-8-4-6-27-31)9-19(23(30)33)35-24-29-18-12-26-22(11-20(18)36-24)34-17-5-7-25-21(10-17)28-15(3)32/h4-14H,1-3H3,(H,25,28,32). The van der Waals surface area contributed by atoms with Gasteiger partial charge in [-0.1, -0.05) is 11.3 Å². The third kappa shape index (κ3) is 4.93. The van der Waals surface area contributed by atoms with Gasteiger partial charge >= 0.3 is 0 Å². The molecule has 0 spiro atoms. The molecule has 0 aliphatic rings. The molecule has 12 heteroatoms. The fraction of sp³-hybridized carbons (Fsp3) is 0.167. The molecule has 0 aliphatic heterocycles. The average Bonchev–Trinajstić information content (AvgIpc) is 3.50. The van der Waals surface area contributed by atoms with Gasteiger partial charge in [-0.05, 0) is 26.0 Å². The summed E-state index contributed by atoms with van der Waals surface area (Å²) in [4.78, 5) is 37.1. The zero-order chi connectivity index (χ0) is 25.2. The highest BCUT2D eigenvalue weighted by Crippen LogP contribution is 2.33. The van der Waals surface area contributed by atoms with Crippen LogP contribution >= 0.6 is 11.3 Å². The first-order chi connectivity index (χ1) is 17.4. The van der Waals surface area contributed by atoms with Gasteiger partial charge in [0.1, 0.15) is 17.1 Å². The van der Waals surface area contributed by atoms with Crippen LogP contribution in [0.5, 0.6) is 22.6 Å². The maximum Gasteiger partial charge on any atom is 0.294 e. The summed E-state index contributed by atoms with van der Waals surface area (Å²) in [6.45, 7) is 5.25. The lowest BCUT2D eigenvalue weighted by Gasteiger charge is -2.14. The van der Waals surface area contributed by atoms with Crippen LogP contribution in [0.25, 0.3) is 15.9 Å². The predicted octanol–water partition coefficient (Wildman–Crippen LogP) is 4.56. The van der Waals surface area contributed by atoms with E-state index in [-0.39, 0.29) is 23.3 Å². The number of amides is 1. The number of anilines is 1. The van der Waals surface area contributed by atoms with E-state index in [0.717, 1.165) is 4.70 Å². The molecule has 5 aromatic rings. The van der Waals surface area contributed by atoms with Crippen LogP contribution in [0.15, 0.2) is 66.1 Å². The molecule has 0 saturated heterocycles. The van der Waals surface area contributed by atoms with Crippen LogP contribution in [0.4, 0.5) is 5.82 Å². The molecule has 0 radical (unpaired) electrons. The molecule has 0 saturated carbocycles. The summed E-state index contributed by atoms with van der Waals surface area (Å²) in [6.07, 6.45) is 8.30. The van der Waals surface area contributed by atoms with Crippen LogP contribution in [-0.4, -0.2) is 35.2 Å². The minimum Gasteiger partial charge on any atom is -0.439 e. The van der Waals surface area contributed by atoms with Crippen molar-refractivity contribution in [2.75, 3.05) is 5.32 Å². The first-order valence-corrected chi connectivity index (χ1v) is 11.8. The highest BCUT2D eigenvalue weighted by atomic mass is 32.1. The summed E-state index contributed by atoms with van der Waals surface area (Å²) in [7, 11) is 0. The summed E-state index contributed by atoms with van der Waals surface area (Å²) in [5.41, 5.74) is 1.02. The number of ether oxygens (including phenoxy) is 2. The van der Waals surface area contributed by atoms with Gasteiger partial charge in [0.25, 0.3) is 10.8 Å². The van der Waals surface area contributed by atoms with Crippen LogP contribution in [0.1, 0.15) is 26.8 Å². The highest BCUT2D eigenvalue weighted by molar-refractivity contribution is 7.20. The Labute approximate surface area is 209 Å². The largest absolute Gasteiger partial charge is 0.439 e. The summed E-state index contributed by atoms with van der Waals surface area (Å²) < 4.78 is 15.8. The lowest BCUT2D eigenvalue weighted by molar-refractivity contribution is -0.114. The van der Waals surface area contributed by atoms with Gasteiger partial charge in [0.2, 0.25) is 11.8 Å². The van der Waals surface area contributed by atoms with Crippen molar-refractivity contribution in [2.45, 2.75) is 26.8 Å². The van der Waals surface area contributed by atoms with Gasteiger partial charge < -0.3 is 19.4 Å². The molecular weight excluding hydrogens is 482 g/mol. The summed E-state index contributed by atoms with van der Waals surface area (Å²) >= 11 is 1.26. The van der Waals surface area contributed by atoms with Crippen LogP contribution < -0.4 is 20.3 Å². The SMILES string of the molecule is CC(=O)Nc1cc(Oc2cc3sc(Oc4cc(-n5cccn5)cn(C(C)C)c4=O)nc3cn2)ccn1. The van der Waals surface area contributed by atoms with Crippen molar-refractivity contribution in [1.82, 2.24) is 29.3 Å². The van der Waals surface area contributed by atoms with E-state index < -0.39 is 0 Å². The lowest BCUT2D eigenvalue weighted by atomic mass is 10.3. The number of thiazole rings is 1. The number of nitrogens with zero attached hydrogens (tertiary/aromatic N) is 6. The number of carbonyl (C=O) groups excluding carboxylic acids is 1. The molecule has 0 unspecified atom stereocenters. The van der Waals surface area contributed by atoms with E-state index in [1.165, 1.54) is 24.5 Å². The van der Waals surface area contributed by atoms with E-state index in [4.69, 9.17) is 9.47 Å². The van der Waals surface area contributed by atoms with Crippen molar-refractivity contribution in [3.8, 4) is 28.3 Å². The summed E-state index contributed by atoms with van der Waals surface area (Å²) in [5.74, 6) is 1.08. The molecule has 0 aliphatic carbocycles. The van der Waals surface area contributed by atoms with Crippen LogP contribution in [-0.2, 0) is 4.79 Å². The van der Waals surface area contributed by atoms with E-state index >= 15 is 0 Å². The van der Waals surface area contributed by atoms with Gasteiger partial charge in [0.15, 0.2) is 5.75 Å². The summed E-state index contributed by atoms with van der Waals surface area (Å²) in [5, 5.41) is 7.15. The number of hydrogen-bond acceptors (Lipinski definition) is 9. The van der Waals surface area contributed by atoms with Gasteiger partial charge in [-0.3, -0.25) is 9.59 Å². The second-order valence-electron chi connectivity index (χ2n) is 8.05. The first-order valence-electron chi connectivity index (χ1n) is 11.0. The monoisotopic (exact) mass is 503 g/mol. The zero-order valence-corrected chi connectivity index (χ0v) is 20.4. The van der Waals surface area contributed by atoms with Crippen molar-refractivity contribution < 1.29 is 14.3 Å². The van der Waals surface area contributed by atoms with Crippen molar-refractivity contribution >= 4 is 33.3 Å². The number of hydrogen-bond donors (Lipinski definition) is 1. The van der Waals surface area contributed by atoms with Crippen LogP contribution in [0, 0.1) is 0 Å². The minimum absolute atomic E-state index is 0.0750. The lowest BCUT2D eigenvalue weighted by Crippen LogP contribution is -2.23.